The smallest absolute Gasteiger partial charge is 0.154 e. The molecule has 2 aromatic rings. The highest BCUT2D eigenvalue weighted by molar-refractivity contribution is 5.55. The molecule has 1 aromatic carbocycles. The standard InChI is InChI=1S/C11H12FN5/c1-17-5-8-2-7(3-11-13-6-14-15-11)9(12)4-10(8)16-17/h2,4,6,16H,3,5H2,1H3,(H,13,14,15). The summed E-state index contributed by atoms with van der Waals surface area (Å²) in [5.41, 5.74) is 5.64. The zero-order chi connectivity index (χ0) is 11.8. The van der Waals surface area contributed by atoms with E-state index in [4.69, 9.17) is 0 Å². The van der Waals surface area contributed by atoms with Gasteiger partial charge in [-0.05, 0) is 23.3 Å². The van der Waals surface area contributed by atoms with Crippen LogP contribution in [-0.4, -0.2) is 27.2 Å². The maximum Gasteiger partial charge on any atom is 0.154 e. The van der Waals surface area contributed by atoms with E-state index in [2.05, 4.69) is 20.6 Å². The van der Waals surface area contributed by atoms with Gasteiger partial charge in [-0.3, -0.25) is 5.10 Å². The molecule has 0 bridgehead atoms. The molecule has 17 heavy (non-hydrogen) atoms. The number of H-pyrrole nitrogens is 1. The highest BCUT2D eigenvalue weighted by atomic mass is 19.1. The van der Waals surface area contributed by atoms with Gasteiger partial charge >= 0.3 is 0 Å². The van der Waals surface area contributed by atoms with Gasteiger partial charge in [-0.1, -0.05) is 0 Å². The number of hydrogen-bond acceptors (Lipinski definition) is 4. The van der Waals surface area contributed by atoms with E-state index in [9.17, 15) is 4.39 Å². The van der Waals surface area contributed by atoms with Crippen LogP contribution in [0.5, 0.6) is 0 Å². The van der Waals surface area contributed by atoms with Crippen molar-refractivity contribution in [3.63, 3.8) is 0 Å². The fraction of sp³-hybridized carbons (Fsp3) is 0.273. The summed E-state index contributed by atoms with van der Waals surface area (Å²) in [7, 11) is 1.92. The summed E-state index contributed by atoms with van der Waals surface area (Å²) in [6.07, 6.45) is 1.91. The zero-order valence-electron chi connectivity index (χ0n) is 9.37. The molecule has 5 nitrogen and oxygen atoms in total. The monoisotopic (exact) mass is 233 g/mol. The predicted octanol–water partition coefficient (Wildman–Crippen LogP) is 1.31. The van der Waals surface area contributed by atoms with Crippen LogP contribution >= 0.6 is 0 Å². The topological polar surface area (TPSA) is 56.8 Å². The molecule has 88 valence electrons. The van der Waals surface area contributed by atoms with Crippen LogP contribution in [0.15, 0.2) is 18.5 Å². The number of halogens is 1. The van der Waals surface area contributed by atoms with Gasteiger partial charge in [0.25, 0.3) is 0 Å². The Hall–Kier alpha value is -1.95. The molecule has 6 heteroatoms. The van der Waals surface area contributed by atoms with Gasteiger partial charge in [-0.15, -0.1) is 0 Å². The summed E-state index contributed by atoms with van der Waals surface area (Å²) in [6, 6.07) is 3.40. The molecule has 0 amide bonds. The number of fused-ring (bicyclic) bond motifs is 1. The fourth-order valence-corrected chi connectivity index (χ4v) is 2.03. The molecule has 2 heterocycles. The highest BCUT2D eigenvalue weighted by Gasteiger charge is 2.18. The lowest BCUT2D eigenvalue weighted by atomic mass is 10.1. The van der Waals surface area contributed by atoms with E-state index in [0.29, 0.717) is 17.8 Å². The van der Waals surface area contributed by atoms with Crippen molar-refractivity contribution >= 4 is 5.69 Å². The average molecular weight is 233 g/mol. The Morgan fingerprint density at radius 3 is 3.12 bits per heavy atom. The Labute approximate surface area is 97.6 Å². The van der Waals surface area contributed by atoms with Crippen molar-refractivity contribution in [2.45, 2.75) is 13.0 Å². The molecular formula is C11H12FN5. The van der Waals surface area contributed by atoms with Crippen LogP contribution in [0, 0.1) is 5.82 Å². The Morgan fingerprint density at radius 2 is 2.35 bits per heavy atom. The number of aromatic amines is 1. The van der Waals surface area contributed by atoms with Gasteiger partial charge in [0.1, 0.15) is 12.1 Å². The van der Waals surface area contributed by atoms with Crippen molar-refractivity contribution in [3.8, 4) is 0 Å². The number of anilines is 1. The van der Waals surface area contributed by atoms with Crippen LogP contribution in [0.3, 0.4) is 0 Å². The van der Waals surface area contributed by atoms with Crippen molar-refractivity contribution in [3.05, 3.63) is 41.2 Å². The van der Waals surface area contributed by atoms with Crippen molar-refractivity contribution in [1.82, 2.24) is 20.2 Å². The van der Waals surface area contributed by atoms with Crippen molar-refractivity contribution in [2.24, 2.45) is 0 Å². The summed E-state index contributed by atoms with van der Waals surface area (Å²) < 4.78 is 13.8. The molecule has 0 saturated carbocycles. The molecule has 1 aromatic heterocycles. The lowest BCUT2D eigenvalue weighted by molar-refractivity contribution is 0.422. The summed E-state index contributed by atoms with van der Waals surface area (Å²) in [6.45, 7) is 0.774. The molecule has 0 saturated heterocycles. The minimum absolute atomic E-state index is 0.226. The molecule has 2 N–H and O–H groups in total. The Morgan fingerprint density at radius 1 is 1.47 bits per heavy atom. The van der Waals surface area contributed by atoms with Crippen LogP contribution in [0.1, 0.15) is 17.0 Å². The van der Waals surface area contributed by atoms with Crippen LogP contribution in [-0.2, 0) is 13.0 Å². The van der Waals surface area contributed by atoms with Crippen molar-refractivity contribution < 1.29 is 4.39 Å². The number of hydrogen-bond donors (Lipinski definition) is 2. The van der Waals surface area contributed by atoms with Crippen molar-refractivity contribution in [2.75, 3.05) is 12.5 Å². The molecule has 0 atom stereocenters. The maximum atomic E-state index is 13.8. The molecule has 0 radical (unpaired) electrons. The molecule has 0 spiro atoms. The van der Waals surface area contributed by atoms with E-state index in [1.54, 1.807) is 0 Å². The van der Waals surface area contributed by atoms with Gasteiger partial charge in [-0.25, -0.2) is 14.4 Å². The third-order valence-corrected chi connectivity index (χ3v) is 2.80. The van der Waals surface area contributed by atoms with E-state index in [0.717, 1.165) is 17.8 Å². The first-order chi connectivity index (χ1) is 8.22. The molecule has 0 fully saturated rings. The largest absolute Gasteiger partial charge is 0.318 e. The van der Waals surface area contributed by atoms with Crippen molar-refractivity contribution in [1.29, 1.82) is 0 Å². The predicted molar refractivity (Wildman–Crippen MR) is 60.7 cm³/mol. The summed E-state index contributed by atoms with van der Waals surface area (Å²) >= 11 is 0. The minimum Gasteiger partial charge on any atom is -0.318 e. The van der Waals surface area contributed by atoms with E-state index < -0.39 is 0 Å². The Balaban J connectivity index is 1.93. The second kappa shape index (κ2) is 3.81. The second-order valence-electron chi connectivity index (χ2n) is 4.16. The molecule has 1 aliphatic heterocycles. The molecule has 0 unspecified atom stereocenters. The minimum atomic E-state index is -0.226. The number of nitrogens with zero attached hydrogens (tertiary/aromatic N) is 3. The van der Waals surface area contributed by atoms with Gasteiger partial charge in [0.2, 0.25) is 0 Å². The summed E-state index contributed by atoms with van der Waals surface area (Å²) in [5, 5.41) is 8.47. The highest BCUT2D eigenvalue weighted by Crippen LogP contribution is 2.27. The van der Waals surface area contributed by atoms with E-state index >= 15 is 0 Å². The van der Waals surface area contributed by atoms with Crippen LogP contribution in [0.4, 0.5) is 10.1 Å². The number of hydrazine groups is 1. The SMILES string of the molecule is CN1Cc2cc(Cc3nc[nH]n3)c(F)cc2N1. The summed E-state index contributed by atoms with van der Waals surface area (Å²) in [4.78, 5) is 4.00. The van der Waals surface area contributed by atoms with Crippen LogP contribution in [0.25, 0.3) is 0 Å². The first kappa shape index (κ1) is 10.2. The maximum absolute atomic E-state index is 13.8. The van der Waals surface area contributed by atoms with Gasteiger partial charge in [-0.2, -0.15) is 5.10 Å². The third kappa shape index (κ3) is 1.87. The average Bonchev–Trinajstić information content (AvgIpc) is 2.87. The van der Waals surface area contributed by atoms with Gasteiger partial charge in [0, 0.05) is 20.0 Å². The molecular weight excluding hydrogens is 221 g/mol. The first-order valence-electron chi connectivity index (χ1n) is 5.36. The number of aromatic nitrogens is 3. The number of benzene rings is 1. The molecule has 0 aliphatic carbocycles. The first-order valence-corrected chi connectivity index (χ1v) is 5.36. The molecule has 3 rings (SSSR count). The van der Waals surface area contributed by atoms with Gasteiger partial charge < -0.3 is 5.43 Å². The lowest BCUT2D eigenvalue weighted by Crippen LogP contribution is -2.16. The summed E-state index contributed by atoms with van der Waals surface area (Å²) in [5.74, 6) is 0.375. The zero-order valence-corrected chi connectivity index (χ0v) is 9.37. The fourth-order valence-electron chi connectivity index (χ4n) is 2.03. The number of rotatable bonds is 2. The normalized spacial score (nSPS) is 14.7. The van der Waals surface area contributed by atoms with E-state index in [1.807, 2.05) is 18.1 Å². The lowest BCUT2D eigenvalue weighted by Gasteiger charge is -2.06. The van der Waals surface area contributed by atoms with E-state index in [-0.39, 0.29) is 5.82 Å². The van der Waals surface area contributed by atoms with E-state index in [1.165, 1.54) is 12.4 Å². The Kier molecular flexibility index (Phi) is 2.29. The second-order valence-corrected chi connectivity index (χ2v) is 4.16. The van der Waals surface area contributed by atoms with Crippen LogP contribution < -0.4 is 5.43 Å². The quantitative estimate of drug-likeness (QED) is 0.821. The third-order valence-electron chi connectivity index (χ3n) is 2.80. The Bertz CT molecular complexity index is 537. The molecule has 1 aliphatic rings. The van der Waals surface area contributed by atoms with Gasteiger partial charge in [0.15, 0.2) is 5.82 Å². The number of nitrogens with one attached hydrogen (secondary N) is 2. The van der Waals surface area contributed by atoms with Gasteiger partial charge in [0.05, 0.1) is 5.69 Å². The van der Waals surface area contributed by atoms with Crippen LogP contribution in [0.2, 0.25) is 0 Å².